The van der Waals surface area contributed by atoms with Gasteiger partial charge < -0.3 is 9.32 Å². The van der Waals surface area contributed by atoms with Gasteiger partial charge in [-0.1, -0.05) is 25.3 Å². The molecule has 1 fully saturated rings. The molecule has 3 aromatic heterocycles. The zero-order chi connectivity index (χ0) is 15.6. The summed E-state index contributed by atoms with van der Waals surface area (Å²) in [5.41, 5.74) is 2.83. The molecule has 0 aliphatic carbocycles. The highest BCUT2D eigenvalue weighted by molar-refractivity contribution is 7.13. The average Bonchev–Trinajstić information content (AvgIpc) is 3.15. The molecule has 1 aliphatic heterocycles. The van der Waals surface area contributed by atoms with Gasteiger partial charge in [-0.25, -0.2) is 9.97 Å². The highest BCUT2D eigenvalue weighted by atomic mass is 32.1. The number of aryl methyl sites for hydroxylation is 1. The Labute approximate surface area is 140 Å². The fourth-order valence-corrected chi connectivity index (χ4v) is 4.04. The van der Waals surface area contributed by atoms with Gasteiger partial charge in [-0.05, 0) is 24.3 Å². The van der Waals surface area contributed by atoms with Crippen molar-refractivity contribution in [3.63, 3.8) is 0 Å². The highest BCUT2D eigenvalue weighted by Gasteiger charge is 2.20. The Morgan fingerprint density at radius 1 is 1.13 bits per heavy atom. The normalized spacial score (nSPS) is 16.5. The van der Waals surface area contributed by atoms with Crippen molar-refractivity contribution in [1.82, 2.24) is 9.97 Å². The summed E-state index contributed by atoms with van der Waals surface area (Å²) in [5.74, 6) is 1.69. The monoisotopic (exact) mass is 327 g/mol. The summed E-state index contributed by atoms with van der Waals surface area (Å²) in [6.45, 7) is 4.04. The molecule has 1 saturated heterocycles. The molecule has 4 rings (SSSR count). The van der Waals surface area contributed by atoms with Crippen molar-refractivity contribution in [3.8, 4) is 10.4 Å². The Bertz CT molecular complexity index is 786. The van der Waals surface area contributed by atoms with E-state index >= 15 is 0 Å². The zero-order valence-electron chi connectivity index (χ0n) is 13.4. The van der Waals surface area contributed by atoms with E-state index in [4.69, 9.17) is 9.40 Å². The number of fused-ring (bicyclic) bond motifs is 1. The lowest BCUT2D eigenvalue weighted by molar-refractivity contribution is 0.554. The highest BCUT2D eigenvalue weighted by Crippen LogP contribution is 2.35. The lowest BCUT2D eigenvalue weighted by atomic mass is 10.1. The SMILES string of the molecule is Cc1nc2c(N3CCCCCCC3)ncc(-c3cccs3)c2o1. The van der Waals surface area contributed by atoms with Gasteiger partial charge in [-0.15, -0.1) is 11.3 Å². The molecule has 4 heterocycles. The molecule has 0 unspecified atom stereocenters. The van der Waals surface area contributed by atoms with Gasteiger partial charge in [0.2, 0.25) is 0 Å². The average molecular weight is 327 g/mol. The fraction of sp³-hybridized carbons (Fsp3) is 0.444. The maximum Gasteiger partial charge on any atom is 0.192 e. The molecular weight excluding hydrogens is 306 g/mol. The lowest BCUT2D eigenvalue weighted by Crippen LogP contribution is -2.28. The van der Waals surface area contributed by atoms with Crippen LogP contribution < -0.4 is 4.90 Å². The molecule has 0 radical (unpaired) electrons. The van der Waals surface area contributed by atoms with Crippen LogP contribution in [-0.4, -0.2) is 23.1 Å². The quantitative estimate of drug-likeness (QED) is 0.662. The molecule has 0 N–H and O–H groups in total. The number of rotatable bonds is 2. The minimum Gasteiger partial charge on any atom is -0.440 e. The van der Waals surface area contributed by atoms with Crippen molar-refractivity contribution in [3.05, 3.63) is 29.6 Å². The third-order valence-corrected chi connectivity index (χ3v) is 5.35. The smallest absolute Gasteiger partial charge is 0.192 e. The van der Waals surface area contributed by atoms with Crippen molar-refractivity contribution < 1.29 is 4.42 Å². The number of anilines is 1. The number of pyridine rings is 1. The minimum absolute atomic E-state index is 0.708. The van der Waals surface area contributed by atoms with E-state index in [2.05, 4.69) is 27.4 Å². The van der Waals surface area contributed by atoms with E-state index < -0.39 is 0 Å². The van der Waals surface area contributed by atoms with Crippen LogP contribution in [0.4, 0.5) is 5.82 Å². The number of thiophene rings is 1. The molecule has 4 nitrogen and oxygen atoms in total. The molecule has 0 aromatic carbocycles. The summed E-state index contributed by atoms with van der Waals surface area (Å²) < 4.78 is 5.94. The third-order valence-electron chi connectivity index (χ3n) is 4.45. The summed E-state index contributed by atoms with van der Waals surface area (Å²) >= 11 is 1.71. The molecular formula is C18H21N3OS. The summed E-state index contributed by atoms with van der Waals surface area (Å²) in [5, 5.41) is 2.08. The maximum atomic E-state index is 5.94. The summed E-state index contributed by atoms with van der Waals surface area (Å²) in [7, 11) is 0. The van der Waals surface area contributed by atoms with E-state index in [-0.39, 0.29) is 0 Å². The first kappa shape index (κ1) is 14.7. The summed E-state index contributed by atoms with van der Waals surface area (Å²) in [6, 6.07) is 4.16. The minimum atomic E-state index is 0.708. The molecule has 0 atom stereocenters. The second-order valence-electron chi connectivity index (χ2n) is 6.14. The number of oxazole rings is 1. The largest absolute Gasteiger partial charge is 0.440 e. The van der Waals surface area contributed by atoms with Crippen LogP contribution >= 0.6 is 11.3 Å². The van der Waals surface area contributed by atoms with Gasteiger partial charge in [0.25, 0.3) is 0 Å². The second-order valence-corrected chi connectivity index (χ2v) is 7.09. The Hall–Kier alpha value is -1.88. The van der Waals surface area contributed by atoms with Crippen molar-refractivity contribution in [2.75, 3.05) is 18.0 Å². The standard InChI is InChI=1S/C18H21N3OS/c1-13-20-16-17(22-13)14(15-8-7-11-23-15)12-19-18(16)21-9-5-3-2-4-6-10-21/h7-8,11-12H,2-6,9-10H2,1H3. The van der Waals surface area contributed by atoms with Gasteiger partial charge in [-0.2, -0.15) is 0 Å². The van der Waals surface area contributed by atoms with Crippen molar-refractivity contribution in [2.45, 2.75) is 39.0 Å². The fourth-order valence-electron chi connectivity index (χ4n) is 3.30. The van der Waals surface area contributed by atoms with Gasteiger partial charge in [0, 0.05) is 31.1 Å². The molecule has 0 spiro atoms. The van der Waals surface area contributed by atoms with Crippen molar-refractivity contribution in [2.24, 2.45) is 0 Å². The van der Waals surface area contributed by atoms with Crippen LogP contribution in [0, 0.1) is 6.92 Å². The number of hydrogen-bond acceptors (Lipinski definition) is 5. The van der Waals surface area contributed by atoms with E-state index in [0.717, 1.165) is 35.6 Å². The van der Waals surface area contributed by atoms with Gasteiger partial charge >= 0.3 is 0 Å². The van der Waals surface area contributed by atoms with E-state index in [0.29, 0.717) is 5.89 Å². The number of aromatic nitrogens is 2. The molecule has 1 aliphatic rings. The Balaban J connectivity index is 1.80. The third kappa shape index (κ3) is 2.85. The van der Waals surface area contributed by atoms with Gasteiger partial charge in [-0.3, -0.25) is 0 Å². The first-order valence-electron chi connectivity index (χ1n) is 8.38. The molecule has 3 aromatic rings. The number of nitrogens with zero attached hydrogens (tertiary/aromatic N) is 3. The van der Waals surface area contributed by atoms with E-state index in [1.54, 1.807) is 11.3 Å². The topological polar surface area (TPSA) is 42.2 Å². The van der Waals surface area contributed by atoms with Crippen LogP contribution in [0.3, 0.4) is 0 Å². The molecule has 23 heavy (non-hydrogen) atoms. The Morgan fingerprint density at radius 3 is 2.65 bits per heavy atom. The van der Waals surface area contributed by atoms with Crippen molar-refractivity contribution >= 4 is 28.3 Å². The number of hydrogen-bond donors (Lipinski definition) is 0. The van der Waals surface area contributed by atoms with Crippen LogP contribution in [0.2, 0.25) is 0 Å². The van der Waals surface area contributed by atoms with Crippen LogP contribution in [0.25, 0.3) is 21.5 Å². The van der Waals surface area contributed by atoms with Crippen LogP contribution in [0.5, 0.6) is 0 Å². The van der Waals surface area contributed by atoms with Crippen LogP contribution in [0.15, 0.2) is 28.1 Å². The van der Waals surface area contributed by atoms with Gasteiger partial charge in [0.1, 0.15) is 0 Å². The molecule has 0 bridgehead atoms. The van der Waals surface area contributed by atoms with Crippen LogP contribution in [-0.2, 0) is 0 Å². The molecule has 5 heteroatoms. The van der Waals surface area contributed by atoms with E-state index in [9.17, 15) is 0 Å². The summed E-state index contributed by atoms with van der Waals surface area (Å²) in [4.78, 5) is 13.0. The second kappa shape index (κ2) is 6.32. The summed E-state index contributed by atoms with van der Waals surface area (Å²) in [6.07, 6.45) is 8.39. The molecule has 0 amide bonds. The van der Waals surface area contributed by atoms with E-state index in [1.807, 2.05) is 13.1 Å². The van der Waals surface area contributed by atoms with Crippen molar-refractivity contribution in [1.29, 1.82) is 0 Å². The molecule has 0 saturated carbocycles. The predicted molar refractivity (Wildman–Crippen MR) is 95.2 cm³/mol. The van der Waals surface area contributed by atoms with E-state index in [1.165, 1.54) is 37.0 Å². The first-order valence-corrected chi connectivity index (χ1v) is 9.26. The Morgan fingerprint density at radius 2 is 1.91 bits per heavy atom. The maximum absolute atomic E-state index is 5.94. The first-order chi connectivity index (χ1) is 11.3. The zero-order valence-corrected chi connectivity index (χ0v) is 14.2. The Kier molecular flexibility index (Phi) is 4.04. The predicted octanol–water partition coefficient (Wildman–Crippen LogP) is 5.03. The van der Waals surface area contributed by atoms with Gasteiger partial charge in [0.15, 0.2) is 22.8 Å². The van der Waals surface area contributed by atoms with Crippen LogP contribution in [0.1, 0.15) is 38.0 Å². The van der Waals surface area contributed by atoms with Gasteiger partial charge in [0.05, 0.1) is 5.56 Å². The lowest BCUT2D eigenvalue weighted by Gasteiger charge is -2.25. The molecule has 120 valence electrons.